The van der Waals surface area contributed by atoms with Crippen LogP contribution in [0.1, 0.15) is 24.2 Å². The summed E-state index contributed by atoms with van der Waals surface area (Å²) in [6.07, 6.45) is 5.74. The van der Waals surface area contributed by atoms with E-state index in [1.165, 1.54) is 5.69 Å². The van der Waals surface area contributed by atoms with Gasteiger partial charge in [-0.25, -0.2) is 9.13 Å². The minimum absolute atomic E-state index is 0.132. The zero-order valence-electron chi connectivity index (χ0n) is 12.4. The Morgan fingerprint density at radius 2 is 1.85 bits per heavy atom. The second kappa shape index (κ2) is 6.37. The summed E-state index contributed by atoms with van der Waals surface area (Å²) in [6.45, 7) is 6.60. The van der Waals surface area contributed by atoms with Crippen molar-refractivity contribution in [3.8, 4) is 0 Å². The molecule has 0 aliphatic rings. The van der Waals surface area contributed by atoms with E-state index < -0.39 is 0 Å². The van der Waals surface area contributed by atoms with Gasteiger partial charge in [0, 0.05) is 24.3 Å². The van der Waals surface area contributed by atoms with Crippen LogP contribution in [-0.2, 0) is 13.6 Å². The Balaban J connectivity index is 2.07. The van der Waals surface area contributed by atoms with Gasteiger partial charge in [0.25, 0.3) is 0 Å². The summed E-state index contributed by atoms with van der Waals surface area (Å²) in [6, 6.07) is 7.88. The van der Waals surface area contributed by atoms with Gasteiger partial charge < -0.3 is 4.90 Å². The molecule has 0 fully saturated rings. The molecule has 4 heteroatoms. The second-order valence-electron chi connectivity index (χ2n) is 4.89. The zero-order valence-corrected chi connectivity index (χ0v) is 12.4. The third kappa shape index (κ3) is 3.26. The number of ketones is 1. The first kappa shape index (κ1) is 14.3. The van der Waals surface area contributed by atoms with Crippen LogP contribution in [0.5, 0.6) is 0 Å². The molecule has 0 atom stereocenters. The summed E-state index contributed by atoms with van der Waals surface area (Å²) in [7, 11) is 1.94. The van der Waals surface area contributed by atoms with Crippen LogP contribution in [0.25, 0.3) is 0 Å². The second-order valence-corrected chi connectivity index (χ2v) is 4.89. The summed E-state index contributed by atoms with van der Waals surface area (Å²) in [4.78, 5) is 14.5. The highest BCUT2D eigenvalue weighted by Crippen LogP contribution is 2.15. The Kier molecular flexibility index (Phi) is 4.56. The number of aryl methyl sites for hydroxylation is 1. The van der Waals surface area contributed by atoms with Crippen molar-refractivity contribution in [2.24, 2.45) is 7.05 Å². The molecule has 1 aromatic carbocycles. The molecule has 2 aromatic rings. The van der Waals surface area contributed by atoms with Crippen molar-refractivity contribution < 1.29 is 9.36 Å². The van der Waals surface area contributed by atoms with E-state index in [0.717, 1.165) is 18.7 Å². The summed E-state index contributed by atoms with van der Waals surface area (Å²) < 4.78 is 3.82. The minimum atomic E-state index is 0.132. The molecule has 0 N–H and O–H groups in total. The summed E-state index contributed by atoms with van der Waals surface area (Å²) in [5.74, 6) is 0.132. The van der Waals surface area contributed by atoms with Gasteiger partial charge in [-0.05, 0) is 38.1 Å². The number of anilines is 1. The van der Waals surface area contributed by atoms with Gasteiger partial charge in [-0.2, -0.15) is 0 Å². The van der Waals surface area contributed by atoms with Gasteiger partial charge in [0.1, 0.15) is 12.4 Å². The fourth-order valence-electron chi connectivity index (χ4n) is 2.30. The number of imidazole rings is 1. The molecule has 0 radical (unpaired) electrons. The predicted octanol–water partition coefficient (Wildman–Crippen LogP) is 2.04. The number of aromatic nitrogens is 2. The van der Waals surface area contributed by atoms with Crippen LogP contribution in [0, 0.1) is 0 Å². The number of hydrogen-bond acceptors (Lipinski definition) is 2. The standard InChI is InChI=1S/C16H22N3O/c1-4-19(5-2)15-8-6-14(7-9-15)16(20)12-18-11-10-17(3)13-18/h6-11,13H,4-5,12H2,1-3H3/q+1. The molecule has 0 unspecified atom stereocenters. The van der Waals surface area contributed by atoms with E-state index in [0.29, 0.717) is 6.54 Å². The topological polar surface area (TPSA) is 29.1 Å². The quantitative estimate of drug-likeness (QED) is 0.595. The van der Waals surface area contributed by atoms with Crippen molar-refractivity contribution in [3.05, 3.63) is 48.5 Å². The molecule has 0 aliphatic heterocycles. The van der Waals surface area contributed by atoms with E-state index in [1.807, 2.05) is 59.2 Å². The van der Waals surface area contributed by atoms with Crippen LogP contribution < -0.4 is 9.47 Å². The van der Waals surface area contributed by atoms with E-state index in [1.54, 1.807) is 0 Å². The Labute approximate surface area is 120 Å². The Bertz CT molecular complexity index is 568. The fourth-order valence-corrected chi connectivity index (χ4v) is 2.30. The Morgan fingerprint density at radius 3 is 2.35 bits per heavy atom. The van der Waals surface area contributed by atoms with E-state index in [9.17, 15) is 4.79 Å². The van der Waals surface area contributed by atoms with Gasteiger partial charge in [-0.1, -0.05) is 0 Å². The van der Waals surface area contributed by atoms with Crippen LogP contribution in [0.2, 0.25) is 0 Å². The van der Waals surface area contributed by atoms with Crippen LogP contribution in [0.15, 0.2) is 43.0 Å². The summed E-state index contributed by atoms with van der Waals surface area (Å²) in [5.41, 5.74) is 1.93. The zero-order chi connectivity index (χ0) is 14.5. The number of rotatable bonds is 6. The molecule has 106 valence electrons. The van der Waals surface area contributed by atoms with E-state index in [2.05, 4.69) is 18.7 Å². The predicted molar refractivity (Wildman–Crippen MR) is 79.9 cm³/mol. The van der Waals surface area contributed by atoms with Gasteiger partial charge in [0.05, 0.1) is 7.05 Å². The SMILES string of the molecule is CCN(CC)c1ccc(C(=O)Cn2cc[n+](C)c2)cc1. The third-order valence-corrected chi connectivity index (χ3v) is 3.47. The molecular weight excluding hydrogens is 250 g/mol. The maximum absolute atomic E-state index is 12.2. The maximum Gasteiger partial charge on any atom is 0.243 e. The number of Topliss-reactive ketones (excluding diaryl/α,β-unsaturated/α-hetero) is 1. The molecule has 0 aliphatic carbocycles. The highest BCUT2D eigenvalue weighted by atomic mass is 16.1. The molecule has 1 aromatic heterocycles. The number of hydrogen-bond donors (Lipinski definition) is 0. The average Bonchev–Trinajstić information content (AvgIpc) is 2.86. The van der Waals surface area contributed by atoms with E-state index >= 15 is 0 Å². The van der Waals surface area contributed by atoms with Crippen LogP contribution in [-0.4, -0.2) is 23.4 Å². The lowest BCUT2D eigenvalue weighted by Crippen LogP contribution is -2.24. The first-order chi connectivity index (χ1) is 9.63. The molecule has 0 saturated heterocycles. The Hall–Kier alpha value is -2.10. The molecule has 4 nitrogen and oxygen atoms in total. The maximum atomic E-state index is 12.2. The van der Waals surface area contributed by atoms with Crippen LogP contribution in [0.4, 0.5) is 5.69 Å². The number of benzene rings is 1. The summed E-state index contributed by atoms with van der Waals surface area (Å²) >= 11 is 0. The van der Waals surface area contributed by atoms with Crippen LogP contribution >= 0.6 is 0 Å². The average molecular weight is 272 g/mol. The van der Waals surface area contributed by atoms with E-state index in [-0.39, 0.29) is 5.78 Å². The molecule has 0 saturated carbocycles. The molecule has 2 rings (SSSR count). The van der Waals surface area contributed by atoms with E-state index in [4.69, 9.17) is 0 Å². The lowest BCUT2D eigenvalue weighted by atomic mass is 10.1. The lowest BCUT2D eigenvalue weighted by Gasteiger charge is -2.20. The van der Waals surface area contributed by atoms with Crippen molar-refractivity contribution in [1.29, 1.82) is 0 Å². The smallest absolute Gasteiger partial charge is 0.243 e. The van der Waals surface area contributed by atoms with Gasteiger partial charge in [-0.3, -0.25) is 4.79 Å². The monoisotopic (exact) mass is 272 g/mol. The molecule has 0 amide bonds. The largest absolute Gasteiger partial charge is 0.372 e. The third-order valence-electron chi connectivity index (χ3n) is 3.47. The molecule has 20 heavy (non-hydrogen) atoms. The molecule has 1 heterocycles. The van der Waals surface area contributed by atoms with Gasteiger partial charge in [0.15, 0.2) is 6.54 Å². The highest BCUT2D eigenvalue weighted by Gasteiger charge is 2.11. The van der Waals surface area contributed by atoms with Gasteiger partial charge in [0.2, 0.25) is 12.1 Å². The first-order valence-corrected chi connectivity index (χ1v) is 7.03. The lowest BCUT2D eigenvalue weighted by molar-refractivity contribution is -0.671. The number of nitrogens with zero attached hydrogens (tertiary/aromatic N) is 3. The van der Waals surface area contributed by atoms with Gasteiger partial charge in [-0.15, -0.1) is 0 Å². The Morgan fingerprint density at radius 1 is 1.20 bits per heavy atom. The first-order valence-electron chi connectivity index (χ1n) is 7.03. The van der Waals surface area contributed by atoms with Gasteiger partial charge >= 0.3 is 0 Å². The van der Waals surface area contributed by atoms with Crippen molar-refractivity contribution in [1.82, 2.24) is 4.57 Å². The summed E-state index contributed by atoms with van der Waals surface area (Å²) in [5, 5.41) is 0. The van der Waals surface area contributed by atoms with Crippen molar-refractivity contribution >= 4 is 11.5 Å². The minimum Gasteiger partial charge on any atom is -0.372 e. The normalized spacial score (nSPS) is 10.6. The number of carbonyl (C=O) groups excluding carboxylic acids is 1. The fraction of sp³-hybridized carbons (Fsp3) is 0.375. The van der Waals surface area contributed by atoms with Crippen molar-refractivity contribution in [2.45, 2.75) is 20.4 Å². The van der Waals surface area contributed by atoms with Crippen molar-refractivity contribution in [2.75, 3.05) is 18.0 Å². The number of carbonyl (C=O) groups is 1. The molecular formula is C16H22N3O+. The van der Waals surface area contributed by atoms with Crippen LogP contribution in [0.3, 0.4) is 0 Å². The molecule has 0 spiro atoms. The molecule has 0 bridgehead atoms. The van der Waals surface area contributed by atoms with Crippen molar-refractivity contribution in [3.63, 3.8) is 0 Å². The highest BCUT2D eigenvalue weighted by molar-refractivity contribution is 5.96.